The Morgan fingerprint density at radius 1 is 1.11 bits per heavy atom. The molecule has 0 amide bonds. The fourth-order valence-electron chi connectivity index (χ4n) is 4.81. The molecule has 9 heteroatoms. The van der Waals surface area contributed by atoms with Gasteiger partial charge >= 0.3 is 0 Å². The third-order valence-corrected chi connectivity index (χ3v) is 6.54. The molecule has 1 atom stereocenters. The zero-order valence-electron chi connectivity index (χ0n) is 21.3. The lowest BCUT2D eigenvalue weighted by molar-refractivity contribution is 0.0279. The predicted molar refractivity (Wildman–Crippen MR) is 135 cm³/mol. The zero-order valence-corrected chi connectivity index (χ0v) is 21.3. The Morgan fingerprint density at radius 2 is 1.94 bits per heavy atom. The van der Waals surface area contributed by atoms with Crippen LogP contribution in [0.3, 0.4) is 0 Å². The molecule has 9 nitrogen and oxygen atoms in total. The number of rotatable bonds is 11. The number of β-amino-alcohol motifs (C(OH)–C–C–N with tert-alkyl or cyclic N) is 1. The summed E-state index contributed by atoms with van der Waals surface area (Å²) in [6.45, 7) is 12.1. The maximum Gasteiger partial charge on any atom is 0.161 e. The Morgan fingerprint density at radius 3 is 2.71 bits per heavy atom. The van der Waals surface area contributed by atoms with Gasteiger partial charge in [0.15, 0.2) is 11.5 Å². The summed E-state index contributed by atoms with van der Waals surface area (Å²) in [5, 5.41) is 11.2. The van der Waals surface area contributed by atoms with Gasteiger partial charge in [-0.15, -0.1) is 0 Å². The standard InChI is InChI=1S/C26H39N5O4/c1-4-34-24-16-22(5-6-23(24)35-14-11-30-9-12-33-13-10-30)17-29(3)18-26(32)7-8-31(19-26)25-15-21(2)27-20-28-25/h5-6,15-16,20,32H,4,7-14,17-19H2,1-3H3. The van der Waals surface area contributed by atoms with Gasteiger partial charge in [-0.25, -0.2) is 9.97 Å². The van der Waals surface area contributed by atoms with Gasteiger partial charge in [0, 0.05) is 57.6 Å². The average Bonchev–Trinajstić information content (AvgIpc) is 3.22. The number of anilines is 1. The monoisotopic (exact) mass is 485 g/mol. The number of hydrogen-bond acceptors (Lipinski definition) is 9. The Labute approximate surface area is 208 Å². The van der Waals surface area contributed by atoms with Gasteiger partial charge in [0.2, 0.25) is 0 Å². The Kier molecular flexibility index (Phi) is 8.78. The van der Waals surface area contributed by atoms with E-state index in [1.165, 1.54) is 0 Å². The Hall–Kier alpha value is -2.46. The number of hydrogen-bond donors (Lipinski definition) is 1. The van der Waals surface area contributed by atoms with E-state index >= 15 is 0 Å². The van der Waals surface area contributed by atoms with Crippen molar-refractivity contribution in [3.8, 4) is 11.5 Å². The highest BCUT2D eigenvalue weighted by Gasteiger charge is 2.37. The van der Waals surface area contributed by atoms with E-state index in [1.54, 1.807) is 6.33 Å². The summed E-state index contributed by atoms with van der Waals surface area (Å²) in [5.41, 5.74) is 1.28. The van der Waals surface area contributed by atoms with Crippen LogP contribution >= 0.6 is 0 Å². The number of aliphatic hydroxyl groups is 1. The second kappa shape index (κ2) is 12.0. The molecular weight excluding hydrogens is 446 g/mol. The molecule has 0 saturated carbocycles. The molecule has 1 aromatic carbocycles. The summed E-state index contributed by atoms with van der Waals surface area (Å²) < 4.78 is 17.4. The second-order valence-electron chi connectivity index (χ2n) is 9.60. The van der Waals surface area contributed by atoms with Gasteiger partial charge in [-0.3, -0.25) is 9.80 Å². The highest BCUT2D eigenvalue weighted by molar-refractivity contribution is 5.43. The SMILES string of the molecule is CCOc1cc(CN(C)CC2(O)CCN(c3cc(C)ncn3)C2)ccc1OCCN1CCOCC1. The number of ether oxygens (including phenoxy) is 3. The summed E-state index contributed by atoms with van der Waals surface area (Å²) in [4.78, 5) is 15.2. The lowest BCUT2D eigenvalue weighted by atomic mass is 10.0. The molecule has 35 heavy (non-hydrogen) atoms. The highest BCUT2D eigenvalue weighted by Crippen LogP contribution is 2.30. The molecule has 0 radical (unpaired) electrons. The minimum absolute atomic E-state index is 0.563. The van der Waals surface area contributed by atoms with Crippen molar-refractivity contribution in [2.24, 2.45) is 0 Å². The van der Waals surface area contributed by atoms with Crippen LogP contribution in [0.25, 0.3) is 0 Å². The van der Waals surface area contributed by atoms with Crippen molar-refractivity contribution in [1.82, 2.24) is 19.8 Å². The van der Waals surface area contributed by atoms with Crippen molar-refractivity contribution in [3.05, 3.63) is 41.9 Å². The van der Waals surface area contributed by atoms with E-state index in [-0.39, 0.29) is 0 Å². The van der Waals surface area contributed by atoms with E-state index in [0.717, 1.165) is 68.0 Å². The van der Waals surface area contributed by atoms with Gasteiger partial charge < -0.3 is 24.2 Å². The molecule has 0 spiro atoms. The molecule has 192 valence electrons. The van der Waals surface area contributed by atoms with E-state index in [0.29, 0.717) is 39.3 Å². The summed E-state index contributed by atoms with van der Waals surface area (Å²) >= 11 is 0. The highest BCUT2D eigenvalue weighted by atomic mass is 16.5. The maximum atomic E-state index is 11.2. The van der Waals surface area contributed by atoms with E-state index in [2.05, 4.69) is 36.8 Å². The summed E-state index contributed by atoms with van der Waals surface area (Å²) in [6.07, 6.45) is 2.29. The number of aryl methyl sites for hydroxylation is 1. The lowest BCUT2D eigenvalue weighted by Gasteiger charge is -2.29. The molecule has 1 aromatic heterocycles. The quantitative estimate of drug-likeness (QED) is 0.514. The fraction of sp³-hybridized carbons (Fsp3) is 0.615. The van der Waals surface area contributed by atoms with Crippen LogP contribution in [0.15, 0.2) is 30.6 Å². The van der Waals surface area contributed by atoms with Crippen molar-refractivity contribution >= 4 is 5.82 Å². The molecule has 2 fully saturated rings. The first kappa shape index (κ1) is 25.6. The fourth-order valence-corrected chi connectivity index (χ4v) is 4.81. The third-order valence-electron chi connectivity index (χ3n) is 6.54. The molecule has 2 saturated heterocycles. The van der Waals surface area contributed by atoms with Crippen LogP contribution in [0.1, 0.15) is 24.6 Å². The van der Waals surface area contributed by atoms with Crippen LogP contribution in [0.2, 0.25) is 0 Å². The Bertz CT molecular complexity index is 955. The van der Waals surface area contributed by atoms with Crippen LogP contribution < -0.4 is 14.4 Å². The number of likely N-dealkylation sites (N-methyl/N-ethyl adjacent to an activating group) is 1. The smallest absolute Gasteiger partial charge is 0.161 e. The van der Waals surface area contributed by atoms with Crippen molar-refractivity contribution in [2.45, 2.75) is 32.4 Å². The van der Waals surface area contributed by atoms with Crippen molar-refractivity contribution in [3.63, 3.8) is 0 Å². The largest absolute Gasteiger partial charge is 0.490 e. The van der Waals surface area contributed by atoms with E-state index in [4.69, 9.17) is 14.2 Å². The van der Waals surface area contributed by atoms with Crippen LogP contribution in [-0.4, -0.2) is 103 Å². The Balaban J connectivity index is 1.31. The van der Waals surface area contributed by atoms with E-state index in [9.17, 15) is 5.11 Å². The van der Waals surface area contributed by atoms with Crippen LogP contribution in [0, 0.1) is 6.92 Å². The molecule has 3 heterocycles. The molecule has 0 aliphatic carbocycles. The molecule has 2 aliphatic heterocycles. The van der Waals surface area contributed by atoms with Crippen molar-refractivity contribution in [2.75, 3.05) is 77.6 Å². The molecular formula is C26H39N5O4. The summed E-state index contributed by atoms with van der Waals surface area (Å²) in [7, 11) is 2.04. The van der Waals surface area contributed by atoms with E-state index < -0.39 is 5.60 Å². The molecule has 1 unspecified atom stereocenters. The van der Waals surface area contributed by atoms with Crippen LogP contribution in [-0.2, 0) is 11.3 Å². The molecule has 1 N–H and O–H groups in total. The van der Waals surface area contributed by atoms with Crippen LogP contribution in [0.4, 0.5) is 5.82 Å². The summed E-state index contributed by atoms with van der Waals surface area (Å²) in [5.74, 6) is 2.42. The van der Waals surface area contributed by atoms with Crippen molar-refractivity contribution in [1.29, 1.82) is 0 Å². The number of nitrogens with zero attached hydrogens (tertiary/aromatic N) is 5. The zero-order chi connectivity index (χ0) is 24.7. The second-order valence-corrected chi connectivity index (χ2v) is 9.60. The first-order valence-corrected chi connectivity index (χ1v) is 12.6. The number of aromatic nitrogens is 2. The molecule has 4 rings (SSSR count). The first-order chi connectivity index (χ1) is 16.9. The minimum atomic E-state index is -0.779. The number of benzene rings is 1. The van der Waals surface area contributed by atoms with Crippen molar-refractivity contribution < 1.29 is 19.3 Å². The topological polar surface area (TPSA) is 83.4 Å². The predicted octanol–water partition coefficient (Wildman–Crippen LogP) is 1.97. The van der Waals surface area contributed by atoms with Gasteiger partial charge in [0.25, 0.3) is 0 Å². The summed E-state index contributed by atoms with van der Waals surface area (Å²) in [6, 6.07) is 8.10. The third kappa shape index (κ3) is 7.27. The van der Waals surface area contributed by atoms with Gasteiger partial charge in [-0.05, 0) is 45.0 Å². The minimum Gasteiger partial charge on any atom is -0.490 e. The lowest BCUT2D eigenvalue weighted by Crippen LogP contribution is -2.43. The van der Waals surface area contributed by atoms with Gasteiger partial charge in [-0.2, -0.15) is 0 Å². The molecule has 0 bridgehead atoms. The maximum absolute atomic E-state index is 11.2. The van der Waals surface area contributed by atoms with Crippen LogP contribution in [0.5, 0.6) is 11.5 Å². The van der Waals surface area contributed by atoms with Gasteiger partial charge in [0.1, 0.15) is 18.8 Å². The average molecular weight is 486 g/mol. The number of morpholine rings is 1. The molecule has 2 aliphatic rings. The normalized spacial score (nSPS) is 21.0. The van der Waals surface area contributed by atoms with Gasteiger partial charge in [-0.1, -0.05) is 6.07 Å². The van der Waals surface area contributed by atoms with Gasteiger partial charge in [0.05, 0.1) is 25.4 Å². The molecule has 2 aromatic rings. The first-order valence-electron chi connectivity index (χ1n) is 12.6. The van der Waals surface area contributed by atoms with E-state index in [1.807, 2.05) is 33.0 Å².